The number of hydrogen-bond acceptors (Lipinski definition) is 6. The van der Waals surface area contributed by atoms with E-state index in [4.69, 9.17) is 19.6 Å². The molecule has 2 fully saturated rings. The van der Waals surface area contributed by atoms with Gasteiger partial charge in [0.2, 0.25) is 0 Å². The van der Waals surface area contributed by atoms with E-state index < -0.39 is 0 Å². The van der Waals surface area contributed by atoms with Gasteiger partial charge in [0, 0.05) is 76.7 Å². The number of likely N-dealkylation sites (tertiary alicyclic amines) is 1. The maximum absolute atomic E-state index is 14.1. The van der Waals surface area contributed by atoms with Crippen molar-refractivity contribution in [1.29, 1.82) is 0 Å². The monoisotopic (exact) mass is 769 g/mol. The van der Waals surface area contributed by atoms with Crippen molar-refractivity contribution >= 4 is 5.82 Å². The van der Waals surface area contributed by atoms with Crippen LogP contribution >= 0.6 is 0 Å². The van der Waals surface area contributed by atoms with E-state index in [9.17, 15) is 4.39 Å². The van der Waals surface area contributed by atoms with Gasteiger partial charge in [-0.1, -0.05) is 26.0 Å². The molecule has 0 spiro atoms. The second kappa shape index (κ2) is 16.4. The standard InChI is InChI=1S/C29H40FN3O2.CH4O.H2O.U/c1-29(2)17-27(35-20-29)26-11-9-23(30)16-22(26)18-33-14-12-25(19-33)34-15-4-3-7-24-10-8-21-6-5-13-31-28(21)32-24;1-2;;/h8-11,16,25,27H,3-7,12-15,17-20H2,1-2H3,(H,31,32);2H,1H3;1H2;. The third-order valence-corrected chi connectivity index (χ3v) is 7.62. The summed E-state index contributed by atoms with van der Waals surface area (Å²) in [7, 11) is 1.00. The second-order valence-electron chi connectivity index (χ2n) is 11.3. The first-order valence-corrected chi connectivity index (χ1v) is 13.9. The van der Waals surface area contributed by atoms with Crippen LogP contribution in [0.4, 0.5) is 10.2 Å². The van der Waals surface area contributed by atoms with Crippen molar-refractivity contribution in [3.8, 4) is 0 Å². The Balaban J connectivity index is 0.00000130. The van der Waals surface area contributed by atoms with Gasteiger partial charge in [-0.25, -0.2) is 9.37 Å². The van der Waals surface area contributed by atoms with Gasteiger partial charge in [-0.15, -0.1) is 0 Å². The number of nitrogens with zero attached hydrogens (tertiary/aromatic N) is 2. The third kappa shape index (κ3) is 9.78. The van der Waals surface area contributed by atoms with Gasteiger partial charge in [-0.3, -0.25) is 4.90 Å². The first-order chi connectivity index (χ1) is 17.9. The molecule has 5 rings (SSSR count). The summed E-state index contributed by atoms with van der Waals surface area (Å²) in [4.78, 5) is 7.19. The molecule has 2 saturated heterocycles. The summed E-state index contributed by atoms with van der Waals surface area (Å²) < 4.78 is 26.4. The van der Waals surface area contributed by atoms with Crippen LogP contribution in [0.15, 0.2) is 30.3 Å². The summed E-state index contributed by atoms with van der Waals surface area (Å²) >= 11 is 0. The van der Waals surface area contributed by atoms with Crippen molar-refractivity contribution in [2.24, 2.45) is 5.41 Å². The number of nitrogens with one attached hydrogen (secondary N) is 1. The molecule has 216 valence electrons. The zero-order chi connectivity index (χ0) is 26.3. The van der Waals surface area contributed by atoms with E-state index in [1.807, 2.05) is 6.07 Å². The minimum Gasteiger partial charge on any atom is -0.412 e. The van der Waals surface area contributed by atoms with Crippen LogP contribution in [0.25, 0.3) is 0 Å². The fourth-order valence-electron chi connectivity index (χ4n) is 5.65. The Labute approximate surface area is 256 Å². The van der Waals surface area contributed by atoms with Gasteiger partial charge in [0.1, 0.15) is 11.6 Å². The number of aryl methyl sites for hydroxylation is 2. The Morgan fingerprint density at radius 2 is 2.03 bits per heavy atom. The van der Waals surface area contributed by atoms with Crippen LogP contribution in [-0.2, 0) is 28.9 Å². The molecule has 2 aromatic rings. The van der Waals surface area contributed by atoms with Gasteiger partial charge in [-0.05, 0) is 85.3 Å². The van der Waals surface area contributed by atoms with E-state index in [1.54, 1.807) is 12.1 Å². The van der Waals surface area contributed by atoms with Crippen molar-refractivity contribution in [3.63, 3.8) is 0 Å². The average molecular weight is 770 g/mol. The number of aliphatic hydroxyl groups excluding tert-OH is 1. The van der Waals surface area contributed by atoms with Crippen LogP contribution in [0.3, 0.4) is 0 Å². The SMILES string of the molecule is CC1(C)COC(c2ccc(F)cc2CN2CCC(OCCCCc3ccc4c(n3)NCCC4)C2)C1.CO.O.[U]. The second-order valence-corrected chi connectivity index (χ2v) is 11.3. The summed E-state index contributed by atoms with van der Waals surface area (Å²) in [5.74, 6) is 0.915. The number of rotatable bonds is 9. The molecule has 9 heteroatoms. The molecule has 1 aromatic carbocycles. The van der Waals surface area contributed by atoms with Crippen LogP contribution in [0.1, 0.15) is 74.4 Å². The van der Waals surface area contributed by atoms with E-state index in [0.717, 1.165) is 102 Å². The van der Waals surface area contributed by atoms with Crippen LogP contribution in [0, 0.1) is 42.3 Å². The van der Waals surface area contributed by atoms with Gasteiger partial charge in [-0.2, -0.15) is 0 Å². The van der Waals surface area contributed by atoms with Gasteiger partial charge in [0.05, 0.1) is 18.8 Å². The van der Waals surface area contributed by atoms with E-state index in [2.05, 4.69) is 36.2 Å². The minimum atomic E-state index is -0.169. The summed E-state index contributed by atoms with van der Waals surface area (Å²) in [6.07, 6.45) is 7.81. The van der Waals surface area contributed by atoms with Crippen molar-refractivity contribution in [3.05, 3.63) is 58.5 Å². The van der Waals surface area contributed by atoms with Gasteiger partial charge in [0.25, 0.3) is 0 Å². The smallest absolute Gasteiger partial charge is 0.129 e. The summed E-state index contributed by atoms with van der Waals surface area (Å²) in [6, 6.07) is 9.60. The zero-order valence-electron chi connectivity index (χ0n) is 23.8. The van der Waals surface area contributed by atoms with Crippen LogP contribution in [-0.4, -0.2) is 66.5 Å². The molecule has 39 heavy (non-hydrogen) atoms. The molecular formula is C30H46FN3O4U. The summed E-state index contributed by atoms with van der Waals surface area (Å²) in [5.41, 5.74) is 4.90. The predicted molar refractivity (Wildman–Crippen MR) is 149 cm³/mol. The number of aromatic nitrogens is 1. The number of pyridine rings is 1. The summed E-state index contributed by atoms with van der Waals surface area (Å²) in [5, 5.41) is 10.4. The number of anilines is 1. The molecule has 0 aliphatic carbocycles. The molecule has 0 amide bonds. The molecule has 2 unspecified atom stereocenters. The van der Waals surface area contributed by atoms with Gasteiger partial charge < -0.3 is 25.4 Å². The molecule has 0 radical (unpaired) electrons. The number of ether oxygens (including phenoxy) is 2. The van der Waals surface area contributed by atoms with Gasteiger partial charge >= 0.3 is 0 Å². The Kier molecular flexibility index (Phi) is 14.4. The number of benzene rings is 1. The Morgan fingerprint density at radius 3 is 2.79 bits per heavy atom. The van der Waals surface area contributed by atoms with Crippen LogP contribution < -0.4 is 5.32 Å². The predicted octanol–water partition coefficient (Wildman–Crippen LogP) is 4.46. The van der Waals surface area contributed by atoms with E-state index in [0.29, 0.717) is 0 Å². The fraction of sp³-hybridized carbons (Fsp3) is 0.633. The normalized spacial score (nSPS) is 21.6. The number of unbranched alkanes of at least 4 members (excludes halogenated alkanes) is 1. The maximum Gasteiger partial charge on any atom is 0.129 e. The molecule has 2 atom stereocenters. The van der Waals surface area contributed by atoms with Crippen molar-refractivity contribution < 1.29 is 55.6 Å². The molecular weight excluding hydrogens is 723 g/mol. The van der Waals surface area contributed by atoms with Crippen molar-refractivity contribution in [2.45, 2.75) is 77.5 Å². The maximum atomic E-state index is 14.1. The Hall–Kier alpha value is -1.05. The van der Waals surface area contributed by atoms with Crippen LogP contribution in [0.5, 0.6) is 0 Å². The Bertz CT molecular complexity index is 1030. The number of hydrogen-bond donors (Lipinski definition) is 2. The van der Waals surface area contributed by atoms with Gasteiger partial charge in [0.15, 0.2) is 0 Å². The topological polar surface area (TPSA) is 98.4 Å². The molecule has 1 aromatic heterocycles. The first-order valence-electron chi connectivity index (χ1n) is 13.9. The number of halogens is 1. The van der Waals surface area contributed by atoms with Crippen molar-refractivity contribution in [1.82, 2.24) is 9.88 Å². The van der Waals surface area contributed by atoms with Crippen LogP contribution in [0.2, 0.25) is 0 Å². The molecule has 7 nitrogen and oxygen atoms in total. The van der Waals surface area contributed by atoms with Crippen molar-refractivity contribution in [2.75, 3.05) is 45.3 Å². The number of fused-ring (bicyclic) bond motifs is 1. The van der Waals surface area contributed by atoms with E-state index in [1.165, 1.54) is 17.7 Å². The van der Waals surface area contributed by atoms with E-state index >= 15 is 0 Å². The van der Waals surface area contributed by atoms with E-state index in [-0.39, 0.29) is 60.0 Å². The largest absolute Gasteiger partial charge is 0.412 e. The quantitative estimate of drug-likeness (QED) is 0.366. The molecule has 3 aliphatic heterocycles. The molecule has 4 N–H and O–H groups in total. The average Bonchev–Trinajstić information content (AvgIpc) is 3.50. The molecule has 3 aliphatic rings. The Morgan fingerprint density at radius 1 is 1.21 bits per heavy atom. The molecule has 0 saturated carbocycles. The number of aliphatic hydroxyl groups is 1. The zero-order valence-corrected chi connectivity index (χ0v) is 27.9. The summed E-state index contributed by atoms with van der Waals surface area (Å²) in [6.45, 7) is 9.70. The molecule has 0 bridgehead atoms. The fourth-order valence-corrected chi connectivity index (χ4v) is 5.65. The minimum absolute atomic E-state index is 0. The third-order valence-electron chi connectivity index (χ3n) is 7.62. The molecule has 4 heterocycles. The first kappa shape index (κ1) is 34.2.